The first-order valence-electron chi connectivity index (χ1n) is 7.69. The number of nitrogens with zero attached hydrogens (tertiary/aromatic N) is 1. The Labute approximate surface area is 150 Å². The summed E-state index contributed by atoms with van der Waals surface area (Å²) in [5.74, 6) is 0.521. The molecule has 1 aromatic carbocycles. The fourth-order valence-corrected chi connectivity index (χ4v) is 3.94. The van der Waals surface area contributed by atoms with Crippen molar-refractivity contribution in [3.63, 3.8) is 0 Å². The Morgan fingerprint density at radius 2 is 1.92 bits per heavy atom. The predicted molar refractivity (Wildman–Crippen MR) is 100 cm³/mol. The van der Waals surface area contributed by atoms with Crippen LogP contribution in [0.15, 0.2) is 34.7 Å². The maximum Gasteiger partial charge on any atom is 0.230 e. The summed E-state index contributed by atoms with van der Waals surface area (Å²) in [5.41, 5.74) is 1.69. The average Bonchev–Trinajstić information content (AvgIpc) is 2.95. The van der Waals surface area contributed by atoms with Gasteiger partial charge in [0.1, 0.15) is 10.7 Å². The number of nitrogens with one attached hydrogen (secondary N) is 2. The number of benzene rings is 1. The molecule has 0 unspecified atom stereocenters. The minimum atomic E-state index is -0.0538. The van der Waals surface area contributed by atoms with Crippen molar-refractivity contribution in [1.82, 2.24) is 10.3 Å². The number of thiazole rings is 1. The molecule has 0 saturated carbocycles. The number of carbonyl (C=O) groups is 2. The Bertz CT molecular complexity index is 699. The number of aromatic nitrogens is 1. The number of hydrogen-bond acceptors (Lipinski definition) is 5. The van der Waals surface area contributed by atoms with Crippen LogP contribution in [0.1, 0.15) is 20.3 Å². The van der Waals surface area contributed by atoms with E-state index in [-0.39, 0.29) is 11.8 Å². The third-order valence-electron chi connectivity index (χ3n) is 3.11. The monoisotopic (exact) mass is 363 g/mol. The second-order valence-electron chi connectivity index (χ2n) is 5.63. The van der Waals surface area contributed by atoms with E-state index in [9.17, 15) is 9.59 Å². The first-order chi connectivity index (χ1) is 11.5. The molecule has 1 heterocycles. The van der Waals surface area contributed by atoms with Crippen LogP contribution >= 0.6 is 23.1 Å². The Balaban J connectivity index is 2.23. The van der Waals surface area contributed by atoms with Gasteiger partial charge in [0, 0.05) is 19.0 Å². The van der Waals surface area contributed by atoms with Crippen molar-refractivity contribution in [2.24, 2.45) is 5.92 Å². The Morgan fingerprint density at radius 3 is 2.54 bits per heavy atom. The first kappa shape index (κ1) is 18.5. The van der Waals surface area contributed by atoms with Gasteiger partial charge in [0.05, 0.1) is 5.75 Å². The first-order valence-corrected chi connectivity index (χ1v) is 9.49. The van der Waals surface area contributed by atoms with Crippen LogP contribution < -0.4 is 10.6 Å². The highest BCUT2D eigenvalue weighted by molar-refractivity contribution is 8.01. The Hall–Kier alpha value is -1.86. The smallest absolute Gasteiger partial charge is 0.230 e. The number of thioether (sulfide) groups is 1. The summed E-state index contributed by atoms with van der Waals surface area (Å²) in [7, 11) is 1.61. The maximum atomic E-state index is 12.1. The van der Waals surface area contributed by atoms with Crippen molar-refractivity contribution in [3.05, 3.63) is 30.3 Å². The van der Waals surface area contributed by atoms with E-state index >= 15 is 0 Å². The highest BCUT2D eigenvalue weighted by atomic mass is 32.2. The van der Waals surface area contributed by atoms with Crippen molar-refractivity contribution in [3.8, 4) is 11.3 Å². The molecule has 0 saturated heterocycles. The van der Waals surface area contributed by atoms with Gasteiger partial charge in [0.25, 0.3) is 0 Å². The van der Waals surface area contributed by atoms with Gasteiger partial charge in [-0.15, -0.1) is 0 Å². The molecule has 0 fully saturated rings. The molecule has 0 atom stereocenters. The van der Waals surface area contributed by atoms with Gasteiger partial charge in [0.2, 0.25) is 11.8 Å². The van der Waals surface area contributed by atoms with Gasteiger partial charge in [-0.25, -0.2) is 4.98 Å². The lowest BCUT2D eigenvalue weighted by Crippen LogP contribution is -2.19. The summed E-state index contributed by atoms with van der Waals surface area (Å²) < 4.78 is 0.761. The van der Waals surface area contributed by atoms with Crippen LogP contribution in [0.25, 0.3) is 11.3 Å². The molecule has 24 heavy (non-hydrogen) atoms. The summed E-state index contributed by atoms with van der Waals surface area (Å²) >= 11 is 2.77. The molecule has 5 nitrogen and oxygen atoms in total. The zero-order valence-electron chi connectivity index (χ0n) is 14.0. The van der Waals surface area contributed by atoms with Crippen LogP contribution in [-0.4, -0.2) is 29.6 Å². The average molecular weight is 364 g/mol. The SMILES string of the molecule is CNC(=O)CSc1nc(-c2ccccc2)c(NC(=O)CC(C)C)s1. The van der Waals surface area contributed by atoms with E-state index in [1.54, 1.807) is 7.05 Å². The van der Waals surface area contributed by atoms with Crippen molar-refractivity contribution in [1.29, 1.82) is 0 Å². The molecule has 2 aromatic rings. The second kappa shape index (κ2) is 8.84. The third-order valence-corrected chi connectivity index (χ3v) is 5.22. The van der Waals surface area contributed by atoms with E-state index in [2.05, 4.69) is 15.6 Å². The number of anilines is 1. The van der Waals surface area contributed by atoms with E-state index < -0.39 is 0 Å². The molecule has 128 valence electrons. The van der Waals surface area contributed by atoms with E-state index in [0.29, 0.717) is 18.1 Å². The summed E-state index contributed by atoms with van der Waals surface area (Å²) in [6, 6.07) is 9.73. The molecule has 0 aliphatic carbocycles. The molecule has 1 aromatic heterocycles. The standard InChI is InChI=1S/C17H21N3O2S2/c1-11(2)9-13(21)19-16-15(12-7-5-4-6-8-12)20-17(24-16)23-10-14(22)18-3/h4-8,11H,9-10H2,1-3H3,(H,18,22)(H,19,21). The highest BCUT2D eigenvalue weighted by Crippen LogP contribution is 2.37. The van der Waals surface area contributed by atoms with Crippen LogP contribution in [0.4, 0.5) is 5.00 Å². The van der Waals surface area contributed by atoms with Crippen molar-refractivity contribution >= 4 is 39.9 Å². The van der Waals surface area contributed by atoms with Crippen molar-refractivity contribution in [2.75, 3.05) is 18.1 Å². The fourth-order valence-electron chi connectivity index (χ4n) is 1.99. The fraction of sp³-hybridized carbons (Fsp3) is 0.353. The van der Waals surface area contributed by atoms with Crippen LogP contribution in [0, 0.1) is 5.92 Å². The van der Waals surface area contributed by atoms with Crippen LogP contribution in [0.3, 0.4) is 0 Å². The number of amides is 2. The lowest BCUT2D eigenvalue weighted by Gasteiger charge is -2.06. The van der Waals surface area contributed by atoms with E-state index in [0.717, 1.165) is 20.6 Å². The van der Waals surface area contributed by atoms with Crippen LogP contribution in [0.5, 0.6) is 0 Å². The lowest BCUT2D eigenvalue weighted by molar-refractivity contribution is -0.118. The highest BCUT2D eigenvalue weighted by Gasteiger charge is 2.17. The second-order valence-corrected chi connectivity index (χ2v) is 7.85. The molecule has 0 spiro atoms. The molecule has 0 radical (unpaired) electrons. The molecule has 7 heteroatoms. The van der Waals surface area contributed by atoms with E-state index in [1.807, 2.05) is 44.2 Å². The van der Waals surface area contributed by atoms with Crippen molar-refractivity contribution in [2.45, 2.75) is 24.6 Å². The van der Waals surface area contributed by atoms with Crippen molar-refractivity contribution < 1.29 is 9.59 Å². The summed E-state index contributed by atoms with van der Waals surface area (Å²) in [5, 5.41) is 6.28. The Kier molecular flexibility index (Phi) is 6.81. The molecule has 0 aliphatic rings. The quantitative estimate of drug-likeness (QED) is 0.737. The van der Waals surface area contributed by atoms with Crippen LogP contribution in [-0.2, 0) is 9.59 Å². The maximum absolute atomic E-state index is 12.1. The topological polar surface area (TPSA) is 71.1 Å². The largest absolute Gasteiger partial charge is 0.358 e. The van der Waals surface area contributed by atoms with Gasteiger partial charge in [-0.05, 0) is 5.92 Å². The van der Waals surface area contributed by atoms with Gasteiger partial charge in [-0.3, -0.25) is 9.59 Å². The zero-order valence-corrected chi connectivity index (χ0v) is 15.6. The molecule has 0 aliphatic heterocycles. The van der Waals surface area contributed by atoms with E-state index in [4.69, 9.17) is 0 Å². The summed E-state index contributed by atoms with van der Waals surface area (Å²) in [6.45, 7) is 4.02. The molecule has 0 bridgehead atoms. The minimum absolute atomic E-state index is 0.0197. The molecule has 2 amide bonds. The predicted octanol–water partition coefficient (Wildman–Crippen LogP) is 3.63. The van der Waals surface area contributed by atoms with Crippen LogP contribution in [0.2, 0.25) is 0 Å². The van der Waals surface area contributed by atoms with Gasteiger partial charge < -0.3 is 10.6 Å². The van der Waals surface area contributed by atoms with Gasteiger partial charge in [-0.2, -0.15) is 0 Å². The molecule has 2 rings (SSSR count). The number of rotatable bonds is 7. The molecular weight excluding hydrogens is 342 g/mol. The summed E-state index contributed by atoms with van der Waals surface area (Å²) in [4.78, 5) is 28.2. The molecular formula is C17H21N3O2S2. The minimum Gasteiger partial charge on any atom is -0.358 e. The molecule has 2 N–H and O–H groups in total. The number of hydrogen-bond donors (Lipinski definition) is 2. The summed E-state index contributed by atoms with van der Waals surface area (Å²) in [6.07, 6.45) is 0.465. The lowest BCUT2D eigenvalue weighted by atomic mass is 10.1. The Morgan fingerprint density at radius 1 is 1.21 bits per heavy atom. The van der Waals surface area contributed by atoms with Gasteiger partial charge >= 0.3 is 0 Å². The van der Waals surface area contributed by atoms with Gasteiger partial charge in [0.15, 0.2) is 4.34 Å². The number of carbonyl (C=O) groups excluding carboxylic acids is 2. The normalized spacial score (nSPS) is 10.7. The van der Waals surface area contributed by atoms with E-state index in [1.165, 1.54) is 23.1 Å². The third kappa shape index (κ3) is 5.35. The van der Waals surface area contributed by atoms with Gasteiger partial charge in [-0.1, -0.05) is 67.3 Å². The zero-order chi connectivity index (χ0) is 17.5.